The quantitative estimate of drug-likeness (QED) is 0.407. The van der Waals surface area contributed by atoms with Crippen molar-refractivity contribution < 1.29 is 28.5 Å². The summed E-state index contributed by atoms with van der Waals surface area (Å²) >= 11 is 0. The molecule has 0 saturated heterocycles. The predicted octanol–water partition coefficient (Wildman–Crippen LogP) is -1.60. The van der Waals surface area contributed by atoms with Crippen LogP contribution < -0.4 is 10.5 Å². The molecule has 1 aromatic carbocycles. The molecule has 0 aliphatic heterocycles. The van der Waals surface area contributed by atoms with Gasteiger partial charge in [-0.2, -0.15) is 4.72 Å². The minimum absolute atomic E-state index is 0.138. The van der Waals surface area contributed by atoms with E-state index in [-0.39, 0.29) is 11.4 Å². The van der Waals surface area contributed by atoms with Crippen LogP contribution in [-0.2, 0) is 14.8 Å². The van der Waals surface area contributed by atoms with E-state index in [9.17, 15) is 23.4 Å². The van der Waals surface area contributed by atoms with E-state index in [1.54, 1.807) is 0 Å². The zero-order valence-electron chi connectivity index (χ0n) is 10.4. The van der Waals surface area contributed by atoms with E-state index >= 15 is 0 Å². The standard InChI is InChI=1S/C11H16N2O6S/c12-5-9(14)11(17)7-1-3-8(4-2-7)20(18,19)13-6-10(15)16/h1-4,9,11,13-14,17H,5-6,12H2,(H,15,16). The lowest BCUT2D eigenvalue weighted by Gasteiger charge is -2.16. The lowest BCUT2D eigenvalue weighted by Crippen LogP contribution is -2.29. The van der Waals surface area contributed by atoms with E-state index in [4.69, 9.17) is 10.8 Å². The number of benzene rings is 1. The van der Waals surface area contributed by atoms with Gasteiger partial charge in [-0.3, -0.25) is 4.79 Å². The van der Waals surface area contributed by atoms with Crippen LogP contribution >= 0.6 is 0 Å². The SMILES string of the molecule is NCC(O)C(O)c1ccc(S(=O)(=O)NCC(=O)O)cc1. The Balaban J connectivity index is 2.88. The topological polar surface area (TPSA) is 150 Å². The average Bonchev–Trinajstić information content (AvgIpc) is 2.43. The van der Waals surface area contributed by atoms with Crippen molar-refractivity contribution >= 4 is 16.0 Å². The summed E-state index contributed by atoms with van der Waals surface area (Å²) in [6.07, 6.45) is -2.37. The Morgan fingerprint density at radius 1 is 1.25 bits per heavy atom. The highest BCUT2D eigenvalue weighted by atomic mass is 32.2. The summed E-state index contributed by atoms with van der Waals surface area (Å²) in [5.41, 5.74) is 5.51. The molecule has 0 spiro atoms. The summed E-state index contributed by atoms with van der Waals surface area (Å²) in [6.45, 7) is -0.861. The zero-order chi connectivity index (χ0) is 15.3. The molecule has 2 unspecified atom stereocenters. The van der Waals surface area contributed by atoms with Crippen LogP contribution in [0.1, 0.15) is 11.7 Å². The molecular formula is C11H16N2O6S. The minimum atomic E-state index is -3.92. The smallest absolute Gasteiger partial charge is 0.318 e. The third kappa shape index (κ3) is 4.25. The fourth-order valence-electron chi connectivity index (χ4n) is 1.44. The number of hydrogen-bond acceptors (Lipinski definition) is 6. The van der Waals surface area contributed by atoms with Gasteiger partial charge in [0, 0.05) is 6.54 Å². The molecule has 0 aliphatic carbocycles. The van der Waals surface area contributed by atoms with E-state index in [1.165, 1.54) is 24.3 Å². The molecule has 0 bridgehead atoms. The van der Waals surface area contributed by atoms with Crippen LogP contribution in [0.2, 0.25) is 0 Å². The van der Waals surface area contributed by atoms with Gasteiger partial charge in [-0.05, 0) is 17.7 Å². The van der Waals surface area contributed by atoms with E-state index in [0.717, 1.165) is 0 Å². The van der Waals surface area contributed by atoms with Gasteiger partial charge in [0.25, 0.3) is 0 Å². The molecule has 1 rings (SSSR count). The second-order valence-electron chi connectivity index (χ2n) is 4.04. The average molecular weight is 304 g/mol. The van der Waals surface area contributed by atoms with Gasteiger partial charge in [0.05, 0.1) is 11.0 Å². The van der Waals surface area contributed by atoms with E-state index < -0.39 is 34.7 Å². The molecule has 9 heteroatoms. The van der Waals surface area contributed by atoms with Gasteiger partial charge in [0.15, 0.2) is 0 Å². The Hall–Kier alpha value is -1.52. The highest BCUT2D eigenvalue weighted by Gasteiger charge is 2.19. The highest BCUT2D eigenvalue weighted by molar-refractivity contribution is 7.89. The van der Waals surface area contributed by atoms with Crippen molar-refractivity contribution in [2.45, 2.75) is 17.1 Å². The molecule has 8 nitrogen and oxygen atoms in total. The van der Waals surface area contributed by atoms with Crippen LogP contribution in [-0.4, -0.2) is 48.9 Å². The van der Waals surface area contributed by atoms with Crippen molar-refractivity contribution in [3.8, 4) is 0 Å². The van der Waals surface area contributed by atoms with Crippen molar-refractivity contribution in [3.63, 3.8) is 0 Å². The zero-order valence-corrected chi connectivity index (χ0v) is 11.2. The van der Waals surface area contributed by atoms with Crippen LogP contribution in [0.3, 0.4) is 0 Å². The van der Waals surface area contributed by atoms with Gasteiger partial charge in [-0.25, -0.2) is 8.42 Å². The first kappa shape index (κ1) is 16.5. The Morgan fingerprint density at radius 2 is 1.80 bits per heavy atom. The lowest BCUT2D eigenvalue weighted by atomic mass is 10.0. The number of rotatable bonds is 7. The number of aliphatic hydroxyl groups excluding tert-OH is 2. The number of carboxylic acids is 1. The molecule has 0 aromatic heterocycles. The van der Waals surface area contributed by atoms with Gasteiger partial charge in [-0.15, -0.1) is 0 Å². The van der Waals surface area contributed by atoms with E-state index in [2.05, 4.69) is 0 Å². The number of hydrogen-bond donors (Lipinski definition) is 5. The summed E-state index contributed by atoms with van der Waals surface area (Å²) in [7, 11) is -3.92. The molecule has 112 valence electrons. The van der Waals surface area contributed by atoms with Crippen molar-refractivity contribution in [2.75, 3.05) is 13.1 Å². The summed E-state index contributed by atoms with van der Waals surface area (Å²) < 4.78 is 25.3. The molecule has 0 saturated carbocycles. The summed E-state index contributed by atoms with van der Waals surface area (Å²) in [4.78, 5) is 10.2. The Kier molecular flexibility index (Phi) is 5.60. The van der Waals surface area contributed by atoms with Gasteiger partial charge in [-0.1, -0.05) is 12.1 Å². The van der Waals surface area contributed by atoms with Crippen molar-refractivity contribution in [2.24, 2.45) is 5.73 Å². The number of nitrogens with one attached hydrogen (secondary N) is 1. The number of carboxylic acid groups (broad SMARTS) is 1. The van der Waals surface area contributed by atoms with E-state index in [0.29, 0.717) is 5.56 Å². The normalized spacial score (nSPS) is 14.8. The second-order valence-corrected chi connectivity index (χ2v) is 5.80. The maximum atomic E-state index is 11.7. The molecule has 2 atom stereocenters. The summed E-state index contributed by atoms with van der Waals surface area (Å²) in [6, 6.07) is 5.04. The Bertz CT molecular complexity index is 557. The third-order valence-electron chi connectivity index (χ3n) is 2.55. The molecule has 1 aromatic rings. The first-order valence-corrected chi connectivity index (χ1v) is 7.14. The summed E-state index contributed by atoms with van der Waals surface area (Å²) in [5.74, 6) is -1.30. The van der Waals surface area contributed by atoms with Gasteiger partial charge in [0.1, 0.15) is 12.6 Å². The minimum Gasteiger partial charge on any atom is -0.480 e. The largest absolute Gasteiger partial charge is 0.480 e. The van der Waals surface area contributed by atoms with Gasteiger partial charge in [0.2, 0.25) is 10.0 Å². The van der Waals surface area contributed by atoms with Crippen molar-refractivity contribution in [1.29, 1.82) is 0 Å². The van der Waals surface area contributed by atoms with Gasteiger partial charge < -0.3 is 21.1 Å². The number of aliphatic carboxylic acids is 1. The van der Waals surface area contributed by atoms with Crippen molar-refractivity contribution in [3.05, 3.63) is 29.8 Å². The molecule has 0 amide bonds. The van der Waals surface area contributed by atoms with Crippen molar-refractivity contribution in [1.82, 2.24) is 4.72 Å². The highest BCUT2D eigenvalue weighted by Crippen LogP contribution is 2.18. The maximum Gasteiger partial charge on any atom is 0.318 e. The lowest BCUT2D eigenvalue weighted by molar-refractivity contribution is -0.135. The monoisotopic (exact) mass is 304 g/mol. The number of aliphatic hydroxyl groups is 2. The first-order valence-electron chi connectivity index (χ1n) is 5.65. The van der Waals surface area contributed by atoms with E-state index in [1.807, 2.05) is 4.72 Å². The summed E-state index contributed by atoms with van der Waals surface area (Å²) in [5, 5.41) is 27.5. The maximum absolute atomic E-state index is 11.7. The van der Waals surface area contributed by atoms with Crippen LogP contribution in [0.15, 0.2) is 29.2 Å². The third-order valence-corrected chi connectivity index (χ3v) is 3.97. The second kappa shape index (κ2) is 6.77. The Morgan fingerprint density at radius 3 is 2.25 bits per heavy atom. The fourth-order valence-corrected chi connectivity index (χ4v) is 2.41. The predicted molar refractivity (Wildman–Crippen MR) is 69.3 cm³/mol. The molecule has 6 N–H and O–H groups in total. The first-order chi connectivity index (χ1) is 9.27. The van der Waals surface area contributed by atoms with Gasteiger partial charge >= 0.3 is 5.97 Å². The molecule has 0 radical (unpaired) electrons. The Labute approximate surface area is 115 Å². The van der Waals surface area contributed by atoms with Crippen LogP contribution in [0.4, 0.5) is 0 Å². The molecule has 20 heavy (non-hydrogen) atoms. The molecule has 0 fully saturated rings. The van der Waals surface area contributed by atoms with Crippen LogP contribution in [0.5, 0.6) is 0 Å². The number of sulfonamides is 1. The number of carbonyl (C=O) groups is 1. The van der Waals surface area contributed by atoms with Crippen LogP contribution in [0.25, 0.3) is 0 Å². The molecular weight excluding hydrogens is 288 g/mol. The molecule has 0 heterocycles. The fraction of sp³-hybridized carbons (Fsp3) is 0.364. The van der Waals surface area contributed by atoms with Crippen LogP contribution in [0, 0.1) is 0 Å². The number of nitrogens with two attached hydrogens (primary N) is 1. The molecule has 0 aliphatic rings.